The molecule has 1 atom stereocenters. The molecular weight excluding hydrogens is 175 g/mol. The van der Waals surface area contributed by atoms with Crippen molar-refractivity contribution in [3.63, 3.8) is 0 Å². The minimum absolute atomic E-state index is 0.722. The lowest BCUT2D eigenvalue weighted by Crippen LogP contribution is -1.70. The third-order valence-electron chi connectivity index (χ3n) is 1.16. The topological polar surface area (TPSA) is 17.1 Å². The summed E-state index contributed by atoms with van der Waals surface area (Å²) in [7, 11) is -1.01. The molecule has 0 saturated heterocycles. The van der Waals surface area contributed by atoms with E-state index in [1.54, 1.807) is 18.4 Å². The highest BCUT2D eigenvalue weighted by Gasteiger charge is 2.05. The average Bonchev–Trinajstić information content (AvgIpc) is 2.03. The lowest BCUT2D eigenvalue weighted by molar-refractivity contribution is 0.594. The fourth-order valence-electron chi connectivity index (χ4n) is 0.682. The second kappa shape index (κ2) is 4.53. The molecule has 3 heteroatoms. The highest BCUT2D eigenvalue weighted by Crippen LogP contribution is 2.27. The molecule has 0 spiro atoms. The number of hydrogen-bond acceptors (Lipinski definition) is 2. The van der Waals surface area contributed by atoms with E-state index in [1.807, 2.05) is 30.3 Å². The van der Waals surface area contributed by atoms with Gasteiger partial charge < -0.3 is 0 Å². The van der Waals surface area contributed by atoms with E-state index >= 15 is 0 Å². The first-order valence-corrected chi connectivity index (χ1v) is 6.23. The van der Waals surface area contributed by atoms with Crippen molar-refractivity contribution in [2.75, 3.05) is 12.2 Å². The standard InChI is InChI=1S/C8H10OPS/c1-10(9)7-11-8-5-3-2-4-6-8/h2-6H,7H2,1H3/q+1. The van der Waals surface area contributed by atoms with Crippen molar-refractivity contribution in [1.29, 1.82) is 0 Å². The van der Waals surface area contributed by atoms with Gasteiger partial charge in [0.05, 0.1) is 0 Å². The smallest absolute Gasteiger partial charge is 0.0743 e. The third kappa shape index (κ3) is 3.54. The summed E-state index contributed by atoms with van der Waals surface area (Å²) in [6.45, 7) is 1.76. The highest BCUT2D eigenvalue weighted by molar-refractivity contribution is 8.03. The van der Waals surface area contributed by atoms with Crippen LogP contribution in [0.4, 0.5) is 0 Å². The van der Waals surface area contributed by atoms with Crippen LogP contribution in [0.25, 0.3) is 0 Å². The zero-order chi connectivity index (χ0) is 8.10. The lowest BCUT2D eigenvalue weighted by Gasteiger charge is -1.91. The summed E-state index contributed by atoms with van der Waals surface area (Å²) in [4.78, 5) is 1.19. The molecule has 0 bridgehead atoms. The maximum absolute atomic E-state index is 10.7. The Balaban J connectivity index is 2.45. The minimum atomic E-state index is -1.01. The number of thioether (sulfide) groups is 1. The van der Waals surface area contributed by atoms with Crippen molar-refractivity contribution in [1.82, 2.24) is 0 Å². The van der Waals surface area contributed by atoms with Gasteiger partial charge in [0, 0.05) is 4.90 Å². The highest BCUT2D eigenvalue weighted by atomic mass is 32.2. The Bertz CT molecular complexity index is 235. The molecule has 0 amide bonds. The predicted molar refractivity (Wildman–Crippen MR) is 50.7 cm³/mol. The third-order valence-corrected chi connectivity index (χ3v) is 3.73. The van der Waals surface area contributed by atoms with Crippen LogP contribution in [0.2, 0.25) is 0 Å². The molecule has 0 radical (unpaired) electrons. The quantitative estimate of drug-likeness (QED) is 0.531. The van der Waals surface area contributed by atoms with Crippen molar-refractivity contribution in [2.45, 2.75) is 4.90 Å². The second-order valence-corrected chi connectivity index (χ2v) is 5.26. The molecule has 0 saturated carbocycles. The maximum Gasteiger partial charge on any atom is 0.346 e. The average molecular weight is 185 g/mol. The summed E-state index contributed by atoms with van der Waals surface area (Å²) >= 11 is 1.64. The Hall–Kier alpha value is -0.330. The zero-order valence-corrected chi connectivity index (χ0v) is 8.07. The van der Waals surface area contributed by atoms with E-state index in [9.17, 15) is 4.57 Å². The van der Waals surface area contributed by atoms with Crippen molar-refractivity contribution < 1.29 is 4.57 Å². The number of rotatable bonds is 3. The molecule has 1 aromatic rings. The van der Waals surface area contributed by atoms with Gasteiger partial charge in [-0.2, -0.15) is 0 Å². The molecular formula is C8H10OPS+. The van der Waals surface area contributed by atoms with Gasteiger partial charge in [0.1, 0.15) is 6.66 Å². The predicted octanol–water partition coefficient (Wildman–Crippen LogP) is 3.19. The molecule has 0 aliphatic rings. The summed E-state index contributed by atoms with van der Waals surface area (Å²) in [5.41, 5.74) is 0.722. The van der Waals surface area contributed by atoms with Crippen LogP contribution in [0.5, 0.6) is 0 Å². The van der Waals surface area contributed by atoms with Gasteiger partial charge in [-0.25, -0.2) is 0 Å². The molecule has 1 nitrogen and oxygen atoms in total. The normalized spacial score (nSPS) is 11.2. The number of benzene rings is 1. The summed E-state index contributed by atoms with van der Waals surface area (Å²) in [6, 6.07) is 10.0. The molecule has 1 rings (SSSR count). The van der Waals surface area contributed by atoms with Crippen molar-refractivity contribution >= 4 is 19.6 Å². The van der Waals surface area contributed by atoms with Gasteiger partial charge >= 0.3 is 7.80 Å². The molecule has 0 heterocycles. The first-order chi connectivity index (χ1) is 5.29. The van der Waals surface area contributed by atoms with Gasteiger partial charge in [-0.15, -0.1) is 0 Å². The monoisotopic (exact) mass is 185 g/mol. The first-order valence-electron chi connectivity index (χ1n) is 3.35. The van der Waals surface area contributed by atoms with Crippen molar-refractivity contribution in [3.05, 3.63) is 30.3 Å². The van der Waals surface area contributed by atoms with Crippen molar-refractivity contribution in [2.24, 2.45) is 0 Å². The van der Waals surface area contributed by atoms with Crippen LogP contribution in [-0.4, -0.2) is 12.2 Å². The number of hydrogen-bond donors (Lipinski definition) is 0. The van der Waals surface area contributed by atoms with Gasteiger partial charge in [0.2, 0.25) is 0 Å². The lowest BCUT2D eigenvalue weighted by atomic mass is 10.4. The zero-order valence-electron chi connectivity index (χ0n) is 6.36. The minimum Gasteiger partial charge on any atom is -0.0743 e. The fraction of sp³-hybridized carbons (Fsp3) is 0.250. The second-order valence-electron chi connectivity index (χ2n) is 2.21. The van der Waals surface area contributed by atoms with Gasteiger partial charge in [-0.1, -0.05) is 34.5 Å². The summed E-state index contributed by atoms with van der Waals surface area (Å²) < 4.78 is 10.7. The van der Waals surface area contributed by atoms with Gasteiger partial charge in [-0.05, 0) is 12.1 Å². The molecule has 0 aromatic heterocycles. The van der Waals surface area contributed by atoms with E-state index in [1.165, 1.54) is 4.90 Å². The van der Waals surface area contributed by atoms with Crippen LogP contribution in [0, 0.1) is 0 Å². The Morgan fingerprint density at radius 1 is 1.36 bits per heavy atom. The van der Waals surface area contributed by atoms with E-state index in [0.717, 1.165) is 5.49 Å². The van der Waals surface area contributed by atoms with Crippen LogP contribution in [0.3, 0.4) is 0 Å². The van der Waals surface area contributed by atoms with Crippen molar-refractivity contribution in [3.8, 4) is 0 Å². The van der Waals surface area contributed by atoms with Crippen LogP contribution in [0.1, 0.15) is 0 Å². The molecule has 11 heavy (non-hydrogen) atoms. The molecule has 1 unspecified atom stereocenters. The Morgan fingerprint density at radius 2 is 2.00 bits per heavy atom. The van der Waals surface area contributed by atoms with Crippen LogP contribution in [0.15, 0.2) is 35.2 Å². The first kappa shape index (κ1) is 8.76. The molecule has 0 aliphatic heterocycles. The van der Waals surface area contributed by atoms with E-state index in [0.29, 0.717) is 0 Å². The van der Waals surface area contributed by atoms with Crippen LogP contribution >= 0.6 is 19.6 Å². The largest absolute Gasteiger partial charge is 0.346 e. The van der Waals surface area contributed by atoms with Crippen LogP contribution in [-0.2, 0) is 4.57 Å². The van der Waals surface area contributed by atoms with Gasteiger partial charge in [-0.3, -0.25) is 0 Å². The fourth-order valence-corrected chi connectivity index (χ4v) is 2.36. The Morgan fingerprint density at radius 3 is 2.55 bits per heavy atom. The van der Waals surface area contributed by atoms with Crippen LogP contribution < -0.4 is 0 Å². The van der Waals surface area contributed by atoms with Gasteiger partial charge in [0.15, 0.2) is 5.49 Å². The SMILES string of the molecule is C[P+](=O)CSc1ccccc1. The van der Waals surface area contributed by atoms with Gasteiger partial charge in [0.25, 0.3) is 0 Å². The molecule has 0 fully saturated rings. The summed E-state index contributed by atoms with van der Waals surface area (Å²) in [5.74, 6) is 0. The van der Waals surface area contributed by atoms with E-state index < -0.39 is 7.80 Å². The van der Waals surface area contributed by atoms with E-state index in [4.69, 9.17) is 0 Å². The Kier molecular flexibility index (Phi) is 3.61. The summed E-state index contributed by atoms with van der Waals surface area (Å²) in [6.07, 6.45) is 0. The summed E-state index contributed by atoms with van der Waals surface area (Å²) in [5, 5.41) is 0. The molecule has 0 N–H and O–H groups in total. The molecule has 58 valence electrons. The maximum atomic E-state index is 10.7. The van der Waals surface area contributed by atoms with E-state index in [-0.39, 0.29) is 0 Å². The molecule has 0 aliphatic carbocycles. The Labute approximate surface area is 72.0 Å². The molecule has 1 aromatic carbocycles. The van der Waals surface area contributed by atoms with E-state index in [2.05, 4.69) is 0 Å².